The zero-order valence-corrected chi connectivity index (χ0v) is 30.5. The maximum Gasteiger partial charge on any atom is 0.142 e. The van der Waals surface area contributed by atoms with E-state index in [4.69, 9.17) is 24.8 Å². The zero-order chi connectivity index (χ0) is 31.5. The first-order chi connectivity index (χ1) is 21.7. The van der Waals surface area contributed by atoms with Crippen molar-refractivity contribution in [1.29, 1.82) is 0 Å². The van der Waals surface area contributed by atoms with Crippen LogP contribution in [-0.2, 0) is 12.8 Å². The Labute approximate surface area is 284 Å². The summed E-state index contributed by atoms with van der Waals surface area (Å²) >= 11 is 10.5. The van der Waals surface area contributed by atoms with Crippen LogP contribution >= 0.6 is 24.8 Å². The van der Waals surface area contributed by atoms with Crippen molar-refractivity contribution in [2.24, 2.45) is 0 Å². The van der Waals surface area contributed by atoms with Gasteiger partial charge in [0, 0.05) is 0 Å². The number of hydrogen-bond acceptors (Lipinski definition) is 1. The minimum Gasteiger partial charge on any atom is -0.296 e. The van der Waals surface area contributed by atoms with Crippen LogP contribution in [-0.4, -0.2) is 4.32 Å². The molecule has 44 heavy (non-hydrogen) atoms. The molecule has 0 aliphatic heterocycles. The smallest absolute Gasteiger partial charge is 0.142 e. The largest absolute Gasteiger partial charge is 0.296 e. The summed E-state index contributed by atoms with van der Waals surface area (Å²) in [6.07, 6.45) is 35.4. The molecule has 0 aliphatic rings. The van der Waals surface area contributed by atoms with E-state index in [1.54, 1.807) is 0 Å². The van der Waals surface area contributed by atoms with E-state index in [-0.39, 0.29) is 0 Å². The second-order valence-electron chi connectivity index (χ2n) is 13.2. The summed E-state index contributed by atoms with van der Waals surface area (Å²) in [7, 11) is 0. The molecule has 2 aromatic rings. The van der Waals surface area contributed by atoms with Gasteiger partial charge in [-0.05, 0) is 48.9 Å². The number of benzene rings is 2. The van der Waals surface area contributed by atoms with Gasteiger partial charge in [0.05, 0.1) is 11.4 Å². The van der Waals surface area contributed by atoms with Gasteiger partial charge >= 0.3 is 0 Å². The first-order valence-corrected chi connectivity index (χ1v) is 19.7. The fourth-order valence-corrected chi connectivity index (χ4v) is 6.94. The topological polar surface area (TPSA) is 3.24 Å². The molecule has 0 aliphatic carbocycles. The average Bonchev–Trinajstić information content (AvgIpc) is 3.03. The molecule has 0 spiro atoms. The van der Waals surface area contributed by atoms with Crippen LogP contribution in [0.3, 0.4) is 0 Å². The van der Waals surface area contributed by atoms with Crippen molar-refractivity contribution in [1.82, 2.24) is 0 Å². The first-order valence-electron chi connectivity index (χ1n) is 18.9. The van der Waals surface area contributed by atoms with E-state index in [1.165, 1.54) is 177 Å². The number of hydrogen-bond donors (Lipinski definition) is 1. The molecule has 3 heteroatoms. The molecule has 2 rings (SSSR count). The average molecular weight is 638 g/mol. The molecular weight excluding hydrogens is 571 g/mol. The third-order valence-corrected chi connectivity index (χ3v) is 9.64. The summed E-state index contributed by atoms with van der Waals surface area (Å²) < 4.78 is 0.634. The Balaban J connectivity index is 1.77. The number of thiocarbonyl (C=S) groups is 1. The number of aryl methyl sites for hydroxylation is 2. The van der Waals surface area contributed by atoms with Gasteiger partial charge in [-0.3, -0.25) is 4.90 Å². The first kappa shape index (κ1) is 38.9. The molecule has 2 aromatic carbocycles. The predicted octanol–water partition coefficient (Wildman–Crippen LogP) is 14.5. The van der Waals surface area contributed by atoms with Crippen LogP contribution in [0.1, 0.15) is 179 Å². The van der Waals surface area contributed by atoms with Crippen molar-refractivity contribution in [2.75, 3.05) is 4.90 Å². The van der Waals surface area contributed by atoms with Crippen molar-refractivity contribution in [2.45, 2.75) is 181 Å². The fraction of sp³-hybridized carbons (Fsp3) is 0.683. The van der Waals surface area contributed by atoms with Crippen molar-refractivity contribution >= 4 is 40.5 Å². The highest BCUT2D eigenvalue weighted by Crippen LogP contribution is 2.34. The Hall–Kier alpha value is -1.32. The van der Waals surface area contributed by atoms with Gasteiger partial charge in [0.2, 0.25) is 0 Å². The van der Waals surface area contributed by atoms with E-state index in [1.807, 2.05) is 0 Å². The summed E-state index contributed by atoms with van der Waals surface area (Å²) in [5.41, 5.74) is 5.18. The molecule has 0 unspecified atom stereocenters. The quantitative estimate of drug-likeness (QED) is 0.0562. The SMILES string of the molecule is CCCCCCCCCCCCCCc1ccccc1N(C(=S)S)c1ccccc1CCCCCCCCCCCCCC. The molecule has 0 saturated heterocycles. The lowest BCUT2D eigenvalue weighted by Gasteiger charge is -2.28. The van der Waals surface area contributed by atoms with Crippen LogP contribution in [0.2, 0.25) is 0 Å². The van der Waals surface area contributed by atoms with E-state index in [2.05, 4.69) is 67.3 Å². The molecule has 0 heterocycles. The zero-order valence-electron chi connectivity index (χ0n) is 28.8. The molecule has 0 atom stereocenters. The molecule has 0 N–H and O–H groups in total. The Kier molecular flexibility index (Phi) is 23.7. The Morgan fingerprint density at radius 1 is 0.455 bits per heavy atom. The molecule has 1 nitrogen and oxygen atoms in total. The van der Waals surface area contributed by atoms with E-state index < -0.39 is 0 Å². The third-order valence-electron chi connectivity index (χ3n) is 9.26. The summed E-state index contributed by atoms with van der Waals surface area (Å²) in [5.74, 6) is 0. The monoisotopic (exact) mass is 637 g/mol. The Morgan fingerprint density at radius 2 is 0.727 bits per heavy atom. The minimum atomic E-state index is 0.634. The van der Waals surface area contributed by atoms with Crippen molar-refractivity contribution < 1.29 is 0 Å². The van der Waals surface area contributed by atoms with Crippen molar-refractivity contribution in [3.63, 3.8) is 0 Å². The van der Waals surface area contributed by atoms with Gasteiger partial charge in [-0.25, -0.2) is 0 Å². The molecule has 0 radical (unpaired) electrons. The summed E-state index contributed by atoms with van der Waals surface area (Å²) in [5, 5.41) is 0. The summed E-state index contributed by atoms with van der Waals surface area (Å²) in [4.78, 5) is 2.23. The Bertz CT molecular complexity index is 899. The van der Waals surface area contributed by atoms with Crippen molar-refractivity contribution in [3.8, 4) is 0 Å². The number of thiol groups is 1. The van der Waals surface area contributed by atoms with Gasteiger partial charge in [0.15, 0.2) is 0 Å². The van der Waals surface area contributed by atoms with Gasteiger partial charge < -0.3 is 0 Å². The maximum atomic E-state index is 5.76. The molecule has 0 amide bonds. The highest BCUT2D eigenvalue weighted by molar-refractivity contribution is 8.11. The number of anilines is 2. The van der Waals surface area contributed by atoms with Crippen LogP contribution < -0.4 is 4.90 Å². The minimum absolute atomic E-state index is 0.634. The standard InChI is InChI=1S/C41H67NS2/c1-3-5-7-9-11-13-15-17-19-21-23-25-31-37-33-27-29-35-39(37)42(41(43)44)40-36-30-28-34-38(40)32-26-24-22-20-18-16-14-12-10-8-6-4-2/h27-30,33-36H,3-26,31-32H2,1-2H3,(H,43,44). The normalized spacial score (nSPS) is 11.2. The van der Waals surface area contributed by atoms with Gasteiger partial charge in [-0.2, -0.15) is 0 Å². The molecule has 0 bridgehead atoms. The predicted molar refractivity (Wildman–Crippen MR) is 206 cm³/mol. The second kappa shape index (κ2) is 26.9. The lowest BCUT2D eigenvalue weighted by atomic mass is 10.00. The molecule has 0 saturated carbocycles. The van der Waals surface area contributed by atoms with Gasteiger partial charge in [0.1, 0.15) is 4.32 Å². The third kappa shape index (κ3) is 17.4. The van der Waals surface area contributed by atoms with E-state index >= 15 is 0 Å². The summed E-state index contributed by atoms with van der Waals surface area (Å²) in [6.45, 7) is 4.59. The van der Waals surface area contributed by atoms with Crippen LogP contribution in [0.4, 0.5) is 11.4 Å². The highest BCUT2D eigenvalue weighted by Gasteiger charge is 2.18. The van der Waals surface area contributed by atoms with Crippen LogP contribution in [0, 0.1) is 0 Å². The Morgan fingerprint density at radius 3 is 1.02 bits per heavy atom. The van der Waals surface area contributed by atoms with Gasteiger partial charge in [-0.1, -0.05) is 204 Å². The molecule has 0 fully saturated rings. The van der Waals surface area contributed by atoms with Gasteiger partial charge in [0.25, 0.3) is 0 Å². The molecule has 0 aromatic heterocycles. The van der Waals surface area contributed by atoms with Crippen molar-refractivity contribution in [3.05, 3.63) is 59.7 Å². The number of unbranched alkanes of at least 4 members (excludes halogenated alkanes) is 22. The van der Waals surface area contributed by atoms with Crippen LogP contribution in [0.15, 0.2) is 48.5 Å². The van der Waals surface area contributed by atoms with E-state index in [9.17, 15) is 0 Å². The van der Waals surface area contributed by atoms with E-state index in [0.717, 1.165) is 12.8 Å². The van der Waals surface area contributed by atoms with Gasteiger partial charge in [-0.15, -0.1) is 12.6 Å². The van der Waals surface area contributed by atoms with Crippen LogP contribution in [0.5, 0.6) is 0 Å². The summed E-state index contributed by atoms with van der Waals surface area (Å²) in [6, 6.07) is 17.7. The molecular formula is C41H67NS2. The van der Waals surface area contributed by atoms with Crippen LogP contribution in [0.25, 0.3) is 0 Å². The maximum absolute atomic E-state index is 5.76. The lowest BCUT2D eigenvalue weighted by Crippen LogP contribution is -2.22. The highest BCUT2D eigenvalue weighted by atomic mass is 32.1. The van der Waals surface area contributed by atoms with E-state index in [0.29, 0.717) is 4.32 Å². The fourth-order valence-electron chi connectivity index (χ4n) is 6.53. The lowest BCUT2D eigenvalue weighted by molar-refractivity contribution is 0.544. The number of rotatable bonds is 28. The number of para-hydroxylation sites is 2. The number of nitrogens with zero attached hydrogens (tertiary/aromatic N) is 1. The molecule has 248 valence electrons. The second-order valence-corrected chi connectivity index (χ2v) is 14.3.